The average Bonchev–Trinajstić information content (AvgIpc) is 2.62. The number of hydrogen-bond acceptors (Lipinski definition) is 5. The minimum Gasteiger partial charge on any atom is -0.478 e. The zero-order chi connectivity index (χ0) is 22.1. The largest absolute Gasteiger partial charge is 0.478 e. The molecule has 8 nitrogen and oxygen atoms in total. The molecule has 0 aliphatic rings. The van der Waals surface area contributed by atoms with Gasteiger partial charge in [-0.1, -0.05) is 51.8 Å². The highest BCUT2D eigenvalue weighted by Gasteiger charge is 1.90. The van der Waals surface area contributed by atoms with Crippen LogP contribution in [0, 0.1) is 0 Å². The Morgan fingerprint density at radius 2 is 0.889 bits per heavy atom. The van der Waals surface area contributed by atoms with E-state index in [9.17, 15) is 14.4 Å². The summed E-state index contributed by atoms with van der Waals surface area (Å²) in [5.74, 6) is -2.90. The standard InChI is InChI=1S/C9H20O2.C4H6O2.2C3H4O2/c10-8-6-4-2-1-3-5-7-9-11;1-3(2)4(5)6;2*1-2-3(4)5/h10-11H,1-9H2;1H2,2H3,(H,5,6);2*2H,1H2,(H,4,5). The molecule has 0 aromatic heterocycles. The number of carbonyl (C=O) groups is 3. The lowest BCUT2D eigenvalue weighted by molar-refractivity contribution is -0.133. The normalized spacial score (nSPS) is 8.26. The van der Waals surface area contributed by atoms with Gasteiger partial charge in [0.05, 0.1) is 0 Å². The molecule has 158 valence electrons. The molecule has 0 aliphatic carbocycles. The second-order valence-corrected chi connectivity index (χ2v) is 5.09. The van der Waals surface area contributed by atoms with E-state index in [0.717, 1.165) is 37.8 Å². The first-order valence-electron chi connectivity index (χ1n) is 8.41. The van der Waals surface area contributed by atoms with E-state index in [1.54, 1.807) is 0 Å². The number of carboxylic acids is 3. The molecule has 0 amide bonds. The number of rotatable bonds is 11. The van der Waals surface area contributed by atoms with Gasteiger partial charge < -0.3 is 25.5 Å². The van der Waals surface area contributed by atoms with Crippen molar-refractivity contribution in [2.75, 3.05) is 13.2 Å². The van der Waals surface area contributed by atoms with E-state index in [1.165, 1.54) is 26.2 Å². The van der Waals surface area contributed by atoms with Crippen LogP contribution in [0.25, 0.3) is 0 Å². The molecule has 0 spiro atoms. The lowest BCUT2D eigenvalue weighted by Gasteiger charge is -1.98. The van der Waals surface area contributed by atoms with Crippen LogP contribution in [-0.2, 0) is 14.4 Å². The number of aliphatic hydroxyl groups is 2. The molecule has 5 N–H and O–H groups in total. The summed E-state index contributed by atoms with van der Waals surface area (Å²) >= 11 is 0. The molecule has 0 radical (unpaired) electrons. The third kappa shape index (κ3) is 59.6. The molecule has 0 aromatic carbocycles. The SMILES string of the molecule is C=C(C)C(=O)O.C=CC(=O)O.C=CC(=O)O.OCCCCCCCCCO. The molecule has 8 heteroatoms. The third-order valence-electron chi connectivity index (χ3n) is 2.53. The van der Waals surface area contributed by atoms with Crippen LogP contribution in [0.3, 0.4) is 0 Å². The molecular formula is C19H34O8. The molecule has 0 atom stereocenters. The van der Waals surface area contributed by atoms with Crippen LogP contribution in [0.15, 0.2) is 37.5 Å². The van der Waals surface area contributed by atoms with Crippen LogP contribution in [-0.4, -0.2) is 56.7 Å². The van der Waals surface area contributed by atoms with E-state index in [4.69, 9.17) is 25.5 Å². The Bertz CT molecular complexity index is 378. The van der Waals surface area contributed by atoms with E-state index in [-0.39, 0.29) is 5.57 Å². The van der Waals surface area contributed by atoms with Crippen molar-refractivity contribution in [1.82, 2.24) is 0 Å². The van der Waals surface area contributed by atoms with Gasteiger partial charge in [0.1, 0.15) is 0 Å². The van der Waals surface area contributed by atoms with Gasteiger partial charge in [-0.15, -0.1) is 0 Å². The first kappa shape index (κ1) is 32.2. The van der Waals surface area contributed by atoms with Crippen molar-refractivity contribution < 1.29 is 39.9 Å². The fourth-order valence-electron chi connectivity index (χ4n) is 1.11. The van der Waals surface area contributed by atoms with Gasteiger partial charge in [-0.2, -0.15) is 0 Å². The Morgan fingerprint density at radius 3 is 1.00 bits per heavy atom. The highest BCUT2D eigenvalue weighted by Crippen LogP contribution is 2.06. The fourth-order valence-corrected chi connectivity index (χ4v) is 1.11. The Hall–Kier alpha value is -2.45. The molecule has 0 fully saturated rings. The van der Waals surface area contributed by atoms with Crippen LogP contribution in [0.1, 0.15) is 51.9 Å². The highest BCUT2D eigenvalue weighted by molar-refractivity contribution is 5.84. The molecule has 0 saturated carbocycles. The summed E-state index contributed by atoms with van der Waals surface area (Å²) in [5.41, 5.74) is 0.176. The van der Waals surface area contributed by atoms with Gasteiger partial charge in [0.2, 0.25) is 0 Å². The van der Waals surface area contributed by atoms with Gasteiger partial charge in [-0.05, 0) is 19.8 Å². The third-order valence-corrected chi connectivity index (χ3v) is 2.53. The molecule has 27 heavy (non-hydrogen) atoms. The van der Waals surface area contributed by atoms with Gasteiger partial charge in [-0.25, -0.2) is 14.4 Å². The maximum absolute atomic E-state index is 9.60. The molecule has 0 saturated heterocycles. The van der Waals surface area contributed by atoms with Crippen molar-refractivity contribution in [3.8, 4) is 0 Å². The molecule has 0 heterocycles. The molecule has 0 aromatic rings. The minimum absolute atomic E-state index is 0.176. The van der Waals surface area contributed by atoms with Gasteiger partial charge >= 0.3 is 17.9 Å². The van der Waals surface area contributed by atoms with E-state index in [0.29, 0.717) is 13.2 Å². The van der Waals surface area contributed by atoms with Gasteiger partial charge in [0, 0.05) is 30.9 Å². The molecular weight excluding hydrogens is 356 g/mol. The maximum Gasteiger partial charge on any atom is 0.330 e. The van der Waals surface area contributed by atoms with Crippen molar-refractivity contribution in [3.05, 3.63) is 37.5 Å². The van der Waals surface area contributed by atoms with Crippen LogP contribution < -0.4 is 0 Å². The molecule has 0 unspecified atom stereocenters. The Labute approximate surface area is 161 Å². The van der Waals surface area contributed by atoms with Gasteiger partial charge in [0.25, 0.3) is 0 Å². The van der Waals surface area contributed by atoms with Gasteiger partial charge in [0.15, 0.2) is 0 Å². The second-order valence-electron chi connectivity index (χ2n) is 5.09. The lowest BCUT2D eigenvalue weighted by Crippen LogP contribution is -1.92. The summed E-state index contributed by atoms with van der Waals surface area (Å²) < 4.78 is 0. The average molecular weight is 390 g/mol. The fraction of sp³-hybridized carbons (Fsp3) is 0.526. The summed E-state index contributed by atoms with van der Waals surface area (Å²) in [6.45, 7) is 11.2. The monoisotopic (exact) mass is 390 g/mol. The maximum atomic E-state index is 9.60. The van der Waals surface area contributed by atoms with E-state index in [1.807, 2.05) is 0 Å². The first-order valence-corrected chi connectivity index (χ1v) is 8.41. The number of carboxylic acid groups (broad SMARTS) is 3. The quantitative estimate of drug-likeness (QED) is 0.267. The topological polar surface area (TPSA) is 152 Å². The summed E-state index contributed by atoms with van der Waals surface area (Å²) in [5, 5.41) is 40.0. The number of aliphatic carboxylic acids is 3. The predicted octanol–water partition coefficient (Wildman–Crippen LogP) is 2.86. The summed E-state index contributed by atoms with van der Waals surface area (Å²) in [6.07, 6.45) is 9.56. The Kier molecular flexibility index (Phi) is 33.9. The highest BCUT2D eigenvalue weighted by atomic mass is 16.4. The predicted molar refractivity (Wildman–Crippen MR) is 105 cm³/mol. The molecule has 0 rings (SSSR count). The summed E-state index contributed by atoms with van der Waals surface area (Å²) in [7, 11) is 0. The molecule has 0 aliphatic heterocycles. The minimum atomic E-state index is -0.981. The number of aliphatic hydroxyl groups excluding tert-OH is 2. The van der Waals surface area contributed by atoms with Gasteiger partial charge in [-0.3, -0.25) is 0 Å². The van der Waals surface area contributed by atoms with Crippen molar-refractivity contribution in [3.63, 3.8) is 0 Å². The summed E-state index contributed by atoms with van der Waals surface area (Å²) in [6, 6.07) is 0. The zero-order valence-corrected chi connectivity index (χ0v) is 16.1. The smallest absolute Gasteiger partial charge is 0.330 e. The number of unbranched alkanes of at least 4 members (excludes halogenated alkanes) is 6. The number of hydrogen-bond donors (Lipinski definition) is 5. The van der Waals surface area contributed by atoms with Crippen molar-refractivity contribution in [1.29, 1.82) is 0 Å². The first-order chi connectivity index (χ1) is 12.6. The van der Waals surface area contributed by atoms with Crippen LogP contribution in [0.4, 0.5) is 0 Å². The lowest BCUT2D eigenvalue weighted by atomic mass is 10.1. The van der Waals surface area contributed by atoms with Crippen molar-refractivity contribution in [2.24, 2.45) is 0 Å². The van der Waals surface area contributed by atoms with Crippen LogP contribution in [0.2, 0.25) is 0 Å². The van der Waals surface area contributed by atoms with Crippen LogP contribution in [0.5, 0.6) is 0 Å². The van der Waals surface area contributed by atoms with Crippen molar-refractivity contribution >= 4 is 17.9 Å². The Balaban J connectivity index is -0.000000141. The second kappa shape index (κ2) is 28.4. The zero-order valence-electron chi connectivity index (χ0n) is 16.1. The van der Waals surface area contributed by atoms with E-state index >= 15 is 0 Å². The van der Waals surface area contributed by atoms with Crippen molar-refractivity contribution in [2.45, 2.75) is 51.9 Å². The Morgan fingerprint density at radius 1 is 0.704 bits per heavy atom. The molecule has 0 bridgehead atoms. The van der Waals surface area contributed by atoms with E-state index in [2.05, 4.69) is 19.7 Å². The van der Waals surface area contributed by atoms with Crippen LogP contribution >= 0.6 is 0 Å². The van der Waals surface area contributed by atoms with E-state index < -0.39 is 17.9 Å². The summed E-state index contributed by atoms with van der Waals surface area (Å²) in [4.78, 5) is 28.1.